The van der Waals surface area contributed by atoms with E-state index >= 15 is 0 Å². The fourth-order valence-corrected chi connectivity index (χ4v) is 3.12. The molecule has 6 heteroatoms. The van der Waals surface area contributed by atoms with Crippen molar-refractivity contribution in [2.75, 3.05) is 13.2 Å². The third-order valence-electron chi connectivity index (χ3n) is 4.89. The molecule has 30 heavy (non-hydrogen) atoms. The number of unbranched alkanes of at least 4 members (excludes halogenated alkanes) is 6. The SMILES string of the molecule is CCCCCCOc1ccc(-c2ccc(OCCCCCC)c(F)c2F)c(F)c1F. The Hall–Kier alpha value is -2.24. The average Bonchev–Trinajstić information content (AvgIpc) is 2.74. The van der Waals surface area contributed by atoms with Gasteiger partial charge in [0, 0.05) is 11.1 Å². The standard InChI is InChI=1S/C24H30F4O2/c1-3-5-7-9-15-29-19-13-11-17(21(25)23(19)27)18-12-14-20(24(28)22(18)26)30-16-10-8-6-4-2/h11-14H,3-10,15-16H2,1-2H3. The van der Waals surface area contributed by atoms with Crippen LogP contribution in [-0.4, -0.2) is 13.2 Å². The largest absolute Gasteiger partial charge is 0.490 e. The first-order chi connectivity index (χ1) is 14.5. The van der Waals surface area contributed by atoms with E-state index in [1.54, 1.807) is 0 Å². The highest BCUT2D eigenvalue weighted by Crippen LogP contribution is 2.34. The molecule has 2 aromatic rings. The summed E-state index contributed by atoms with van der Waals surface area (Å²) in [5.41, 5.74) is -0.728. The molecule has 2 nitrogen and oxygen atoms in total. The molecule has 166 valence electrons. The van der Waals surface area contributed by atoms with Crippen molar-refractivity contribution < 1.29 is 27.0 Å². The van der Waals surface area contributed by atoms with Gasteiger partial charge in [-0.3, -0.25) is 0 Å². The minimum Gasteiger partial charge on any atom is -0.490 e. The molecule has 0 radical (unpaired) electrons. The van der Waals surface area contributed by atoms with E-state index in [1.807, 2.05) is 0 Å². The smallest absolute Gasteiger partial charge is 0.201 e. The van der Waals surface area contributed by atoms with Gasteiger partial charge in [-0.25, -0.2) is 8.78 Å². The Balaban J connectivity index is 2.11. The van der Waals surface area contributed by atoms with Crippen molar-refractivity contribution in [3.63, 3.8) is 0 Å². The molecular weight excluding hydrogens is 396 g/mol. The molecule has 2 rings (SSSR count). The first kappa shape index (κ1) is 24.0. The normalized spacial score (nSPS) is 11.0. The lowest BCUT2D eigenvalue weighted by atomic mass is 10.0. The molecule has 2 aromatic carbocycles. The first-order valence-corrected chi connectivity index (χ1v) is 10.7. The van der Waals surface area contributed by atoms with E-state index in [1.165, 1.54) is 24.3 Å². The van der Waals surface area contributed by atoms with Gasteiger partial charge < -0.3 is 9.47 Å². The highest BCUT2D eigenvalue weighted by molar-refractivity contribution is 5.67. The van der Waals surface area contributed by atoms with Gasteiger partial charge in [0.15, 0.2) is 23.1 Å². The van der Waals surface area contributed by atoms with Crippen molar-refractivity contribution in [1.82, 2.24) is 0 Å². The van der Waals surface area contributed by atoms with Crippen molar-refractivity contribution in [2.24, 2.45) is 0 Å². The lowest BCUT2D eigenvalue weighted by molar-refractivity contribution is 0.284. The van der Waals surface area contributed by atoms with Crippen molar-refractivity contribution in [3.8, 4) is 22.6 Å². The van der Waals surface area contributed by atoms with Crippen molar-refractivity contribution in [3.05, 3.63) is 47.5 Å². The zero-order chi connectivity index (χ0) is 21.9. The molecule has 0 aromatic heterocycles. The fourth-order valence-electron chi connectivity index (χ4n) is 3.12. The zero-order valence-corrected chi connectivity index (χ0v) is 17.7. The van der Waals surface area contributed by atoms with E-state index in [4.69, 9.17) is 9.47 Å². The number of rotatable bonds is 13. The number of hydrogen-bond acceptors (Lipinski definition) is 2. The van der Waals surface area contributed by atoms with Crippen LogP contribution in [0.4, 0.5) is 17.6 Å². The van der Waals surface area contributed by atoms with Gasteiger partial charge >= 0.3 is 0 Å². The molecule has 0 amide bonds. The Morgan fingerprint density at radius 3 is 1.30 bits per heavy atom. The quantitative estimate of drug-likeness (QED) is 0.240. The van der Waals surface area contributed by atoms with Crippen LogP contribution in [0.5, 0.6) is 11.5 Å². The lowest BCUT2D eigenvalue weighted by Gasteiger charge is -2.13. The Bertz CT molecular complexity index is 741. The molecule has 0 atom stereocenters. The molecule has 0 aliphatic heterocycles. The first-order valence-electron chi connectivity index (χ1n) is 10.7. The summed E-state index contributed by atoms with van der Waals surface area (Å²) in [5, 5.41) is 0. The molecule has 0 aliphatic rings. The second-order valence-electron chi connectivity index (χ2n) is 7.30. The van der Waals surface area contributed by atoms with Gasteiger partial charge in [0.2, 0.25) is 11.6 Å². The van der Waals surface area contributed by atoms with Crippen LogP contribution < -0.4 is 9.47 Å². The maximum absolute atomic E-state index is 14.5. The second kappa shape index (κ2) is 12.5. The van der Waals surface area contributed by atoms with Crippen molar-refractivity contribution >= 4 is 0 Å². The van der Waals surface area contributed by atoms with Crippen molar-refractivity contribution in [2.45, 2.75) is 65.2 Å². The number of ether oxygens (including phenoxy) is 2. The Kier molecular flexibility index (Phi) is 9.98. The number of halogens is 4. The Morgan fingerprint density at radius 1 is 0.533 bits per heavy atom. The summed E-state index contributed by atoms with van der Waals surface area (Å²) in [6.45, 7) is 4.68. The van der Waals surface area contributed by atoms with Crippen LogP contribution in [0.3, 0.4) is 0 Å². The van der Waals surface area contributed by atoms with Gasteiger partial charge in [-0.15, -0.1) is 0 Å². The maximum atomic E-state index is 14.5. The zero-order valence-electron chi connectivity index (χ0n) is 17.7. The van der Waals surface area contributed by atoms with Crippen LogP contribution in [0.25, 0.3) is 11.1 Å². The topological polar surface area (TPSA) is 18.5 Å². The average molecular weight is 426 g/mol. The van der Waals surface area contributed by atoms with E-state index in [9.17, 15) is 17.6 Å². The van der Waals surface area contributed by atoms with Crippen LogP contribution >= 0.6 is 0 Å². The Morgan fingerprint density at radius 2 is 0.933 bits per heavy atom. The summed E-state index contributed by atoms with van der Waals surface area (Å²) < 4.78 is 68.4. The van der Waals surface area contributed by atoms with Crippen LogP contribution in [-0.2, 0) is 0 Å². The predicted molar refractivity (Wildman–Crippen MR) is 111 cm³/mol. The van der Waals surface area contributed by atoms with Gasteiger partial charge in [-0.1, -0.05) is 52.4 Å². The summed E-state index contributed by atoms with van der Waals surface area (Å²) in [7, 11) is 0. The molecule has 0 spiro atoms. The summed E-state index contributed by atoms with van der Waals surface area (Å²) >= 11 is 0. The highest BCUT2D eigenvalue weighted by Gasteiger charge is 2.21. The fraction of sp³-hybridized carbons (Fsp3) is 0.500. The van der Waals surface area contributed by atoms with Gasteiger partial charge in [0.25, 0.3) is 0 Å². The lowest BCUT2D eigenvalue weighted by Crippen LogP contribution is -2.04. The minimum atomic E-state index is -1.27. The van der Waals surface area contributed by atoms with Crippen LogP contribution in [0.15, 0.2) is 24.3 Å². The maximum Gasteiger partial charge on any atom is 0.201 e. The molecule has 0 N–H and O–H groups in total. The van der Waals surface area contributed by atoms with E-state index in [2.05, 4.69) is 13.8 Å². The van der Waals surface area contributed by atoms with Gasteiger partial charge in [-0.2, -0.15) is 8.78 Å². The van der Waals surface area contributed by atoms with E-state index in [0.29, 0.717) is 0 Å². The molecule has 0 saturated heterocycles. The van der Waals surface area contributed by atoms with Gasteiger partial charge in [0.05, 0.1) is 13.2 Å². The molecule has 0 fully saturated rings. The molecular formula is C24H30F4O2. The second-order valence-corrected chi connectivity index (χ2v) is 7.30. The predicted octanol–water partition coefficient (Wildman–Crippen LogP) is 7.83. The number of hydrogen-bond donors (Lipinski definition) is 0. The number of benzene rings is 2. The molecule has 0 heterocycles. The van der Waals surface area contributed by atoms with E-state index in [-0.39, 0.29) is 35.8 Å². The van der Waals surface area contributed by atoms with Crippen molar-refractivity contribution in [1.29, 1.82) is 0 Å². The van der Waals surface area contributed by atoms with E-state index < -0.39 is 23.3 Å². The van der Waals surface area contributed by atoms with Gasteiger partial charge in [-0.05, 0) is 37.1 Å². The van der Waals surface area contributed by atoms with Crippen LogP contribution in [0.1, 0.15) is 65.2 Å². The van der Waals surface area contributed by atoms with Crippen LogP contribution in [0.2, 0.25) is 0 Å². The van der Waals surface area contributed by atoms with E-state index in [0.717, 1.165) is 51.4 Å². The summed E-state index contributed by atoms with van der Waals surface area (Å²) in [5.74, 6) is -5.43. The minimum absolute atomic E-state index is 0.235. The van der Waals surface area contributed by atoms with Gasteiger partial charge in [0.1, 0.15) is 0 Å². The molecule has 0 bridgehead atoms. The Labute approximate surface area is 176 Å². The molecule has 0 unspecified atom stereocenters. The van der Waals surface area contributed by atoms with Crippen LogP contribution in [0, 0.1) is 23.3 Å². The molecule has 0 aliphatic carbocycles. The highest BCUT2D eigenvalue weighted by atomic mass is 19.2. The third-order valence-corrected chi connectivity index (χ3v) is 4.89. The molecule has 0 saturated carbocycles. The summed E-state index contributed by atoms with van der Waals surface area (Å²) in [6, 6.07) is 4.87. The monoisotopic (exact) mass is 426 g/mol. The summed E-state index contributed by atoms with van der Waals surface area (Å²) in [4.78, 5) is 0. The third kappa shape index (κ3) is 6.38. The summed E-state index contributed by atoms with van der Waals surface area (Å²) in [6.07, 6.45) is 7.55.